The average molecular weight is 375 g/mol. The van der Waals surface area contributed by atoms with Crippen molar-refractivity contribution in [1.82, 2.24) is 9.97 Å². The Morgan fingerprint density at radius 2 is 1.89 bits per heavy atom. The molecule has 3 aromatic rings. The minimum atomic E-state index is 0.437. The van der Waals surface area contributed by atoms with Gasteiger partial charge in [-0.05, 0) is 42.2 Å². The highest BCUT2D eigenvalue weighted by Crippen LogP contribution is 2.27. The zero-order chi connectivity index (χ0) is 19.2. The van der Waals surface area contributed by atoms with E-state index in [1.54, 1.807) is 0 Å². The SMILES string of the molecule is Cc1cc(Oc2cccc(C(C)C)c2)nc(SCc2ccccc2C#N)n1. The third-order valence-corrected chi connectivity index (χ3v) is 4.95. The van der Waals surface area contributed by atoms with E-state index in [0.29, 0.717) is 28.3 Å². The summed E-state index contributed by atoms with van der Waals surface area (Å²) in [6.07, 6.45) is 0. The number of aromatic nitrogens is 2. The van der Waals surface area contributed by atoms with Gasteiger partial charge < -0.3 is 4.74 Å². The summed E-state index contributed by atoms with van der Waals surface area (Å²) in [5, 5.41) is 9.86. The van der Waals surface area contributed by atoms with E-state index >= 15 is 0 Å². The van der Waals surface area contributed by atoms with Crippen molar-refractivity contribution < 1.29 is 4.74 Å². The van der Waals surface area contributed by atoms with Crippen LogP contribution in [0.5, 0.6) is 11.6 Å². The Balaban J connectivity index is 1.76. The monoisotopic (exact) mass is 375 g/mol. The Labute approximate surface area is 164 Å². The molecule has 1 heterocycles. The summed E-state index contributed by atoms with van der Waals surface area (Å²) in [4.78, 5) is 9.00. The molecule has 2 aromatic carbocycles. The first-order valence-electron chi connectivity index (χ1n) is 8.79. The van der Waals surface area contributed by atoms with Crippen LogP contribution in [0.15, 0.2) is 59.8 Å². The molecule has 0 bridgehead atoms. The number of hydrogen-bond acceptors (Lipinski definition) is 5. The minimum absolute atomic E-state index is 0.437. The molecule has 0 radical (unpaired) electrons. The second kappa shape index (κ2) is 8.70. The molecule has 0 saturated heterocycles. The zero-order valence-corrected chi connectivity index (χ0v) is 16.5. The van der Waals surface area contributed by atoms with Crippen LogP contribution in [0.2, 0.25) is 0 Å². The second-order valence-electron chi connectivity index (χ2n) is 6.52. The van der Waals surface area contributed by atoms with Gasteiger partial charge in [0.2, 0.25) is 5.88 Å². The minimum Gasteiger partial charge on any atom is -0.439 e. The van der Waals surface area contributed by atoms with Gasteiger partial charge in [0.15, 0.2) is 5.16 Å². The maximum Gasteiger partial charge on any atom is 0.223 e. The molecule has 0 saturated carbocycles. The Morgan fingerprint density at radius 1 is 1.07 bits per heavy atom. The number of thioether (sulfide) groups is 1. The summed E-state index contributed by atoms with van der Waals surface area (Å²) in [5.41, 5.74) is 3.72. The third kappa shape index (κ3) is 5.08. The van der Waals surface area contributed by atoms with Crippen molar-refractivity contribution in [1.29, 1.82) is 5.26 Å². The van der Waals surface area contributed by atoms with Crippen molar-refractivity contribution >= 4 is 11.8 Å². The lowest BCUT2D eigenvalue weighted by molar-refractivity contribution is 0.453. The molecule has 0 aliphatic heterocycles. The Hall–Kier alpha value is -2.84. The van der Waals surface area contributed by atoms with Crippen molar-refractivity contribution in [2.45, 2.75) is 37.6 Å². The summed E-state index contributed by atoms with van der Waals surface area (Å²) in [6, 6.07) is 19.7. The topological polar surface area (TPSA) is 58.8 Å². The van der Waals surface area contributed by atoms with E-state index in [9.17, 15) is 5.26 Å². The molecule has 3 rings (SSSR count). The van der Waals surface area contributed by atoms with Gasteiger partial charge in [0.05, 0.1) is 11.6 Å². The van der Waals surface area contributed by atoms with Gasteiger partial charge in [-0.1, -0.05) is 55.9 Å². The number of aryl methyl sites for hydroxylation is 1. The van der Waals surface area contributed by atoms with Crippen LogP contribution in [0.3, 0.4) is 0 Å². The highest BCUT2D eigenvalue weighted by atomic mass is 32.2. The van der Waals surface area contributed by atoms with Crippen molar-refractivity contribution in [3.8, 4) is 17.7 Å². The number of nitriles is 1. The number of benzene rings is 2. The zero-order valence-electron chi connectivity index (χ0n) is 15.6. The molecule has 0 atom stereocenters. The fourth-order valence-corrected chi connectivity index (χ4v) is 3.49. The number of rotatable bonds is 6. The highest BCUT2D eigenvalue weighted by molar-refractivity contribution is 7.98. The van der Waals surface area contributed by atoms with Gasteiger partial charge in [0.1, 0.15) is 5.75 Å². The lowest BCUT2D eigenvalue weighted by atomic mass is 10.0. The quantitative estimate of drug-likeness (QED) is 0.399. The second-order valence-corrected chi connectivity index (χ2v) is 7.46. The van der Waals surface area contributed by atoms with Crippen LogP contribution in [-0.2, 0) is 5.75 Å². The lowest BCUT2D eigenvalue weighted by Crippen LogP contribution is -1.96. The third-order valence-electron chi connectivity index (χ3n) is 4.05. The molecule has 0 aliphatic rings. The van der Waals surface area contributed by atoms with Gasteiger partial charge in [-0.25, -0.2) is 4.98 Å². The van der Waals surface area contributed by atoms with Crippen LogP contribution in [-0.4, -0.2) is 9.97 Å². The normalized spacial score (nSPS) is 10.6. The first kappa shape index (κ1) is 18.9. The maximum atomic E-state index is 9.22. The summed E-state index contributed by atoms with van der Waals surface area (Å²) in [7, 11) is 0. The molecule has 0 spiro atoms. The number of hydrogen-bond donors (Lipinski definition) is 0. The Kier molecular flexibility index (Phi) is 6.10. The fraction of sp³-hybridized carbons (Fsp3) is 0.227. The van der Waals surface area contributed by atoms with Crippen LogP contribution in [0.4, 0.5) is 0 Å². The van der Waals surface area contributed by atoms with Crippen molar-refractivity contribution in [2.75, 3.05) is 0 Å². The van der Waals surface area contributed by atoms with E-state index in [1.807, 2.05) is 55.5 Å². The molecular formula is C22H21N3OS. The van der Waals surface area contributed by atoms with Gasteiger partial charge in [0.25, 0.3) is 0 Å². The van der Waals surface area contributed by atoms with Crippen LogP contribution in [0.1, 0.15) is 42.1 Å². The molecule has 0 unspecified atom stereocenters. The van der Waals surface area contributed by atoms with Gasteiger partial charge in [-0.2, -0.15) is 10.2 Å². The lowest BCUT2D eigenvalue weighted by Gasteiger charge is -2.10. The largest absolute Gasteiger partial charge is 0.439 e. The molecule has 0 N–H and O–H groups in total. The van der Waals surface area contributed by atoms with Crippen LogP contribution in [0, 0.1) is 18.3 Å². The van der Waals surface area contributed by atoms with Crippen LogP contribution in [0.25, 0.3) is 0 Å². The van der Waals surface area contributed by atoms with Crippen LogP contribution < -0.4 is 4.74 Å². The number of nitrogens with zero attached hydrogens (tertiary/aromatic N) is 3. The smallest absolute Gasteiger partial charge is 0.223 e. The maximum absolute atomic E-state index is 9.22. The van der Waals surface area contributed by atoms with Gasteiger partial charge in [-0.3, -0.25) is 0 Å². The average Bonchev–Trinajstić information content (AvgIpc) is 2.66. The first-order chi connectivity index (χ1) is 13.0. The van der Waals surface area contributed by atoms with E-state index < -0.39 is 0 Å². The molecule has 27 heavy (non-hydrogen) atoms. The molecular weight excluding hydrogens is 354 g/mol. The van der Waals surface area contributed by atoms with Crippen molar-refractivity contribution in [2.24, 2.45) is 0 Å². The summed E-state index contributed by atoms with van der Waals surface area (Å²) < 4.78 is 5.97. The molecule has 0 amide bonds. The van der Waals surface area contributed by atoms with E-state index in [-0.39, 0.29) is 0 Å². The van der Waals surface area contributed by atoms with Gasteiger partial charge in [0, 0.05) is 17.5 Å². The van der Waals surface area contributed by atoms with E-state index in [4.69, 9.17) is 4.74 Å². The standard InChI is InChI=1S/C22H21N3OS/c1-15(2)17-9-6-10-20(12-17)26-21-11-16(3)24-22(25-21)27-14-19-8-5-4-7-18(19)13-23/h4-12,15H,14H2,1-3H3. The van der Waals surface area contributed by atoms with Crippen molar-refractivity contribution in [3.05, 3.63) is 77.0 Å². The molecule has 136 valence electrons. The Bertz CT molecular complexity index is 979. The fourth-order valence-electron chi connectivity index (χ4n) is 2.59. The van der Waals surface area contributed by atoms with E-state index in [2.05, 4.69) is 36.0 Å². The van der Waals surface area contributed by atoms with Crippen molar-refractivity contribution in [3.63, 3.8) is 0 Å². The summed E-state index contributed by atoms with van der Waals surface area (Å²) >= 11 is 1.50. The van der Waals surface area contributed by atoms with Gasteiger partial charge in [-0.15, -0.1) is 0 Å². The summed E-state index contributed by atoms with van der Waals surface area (Å²) in [6.45, 7) is 6.23. The molecule has 5 heteroatoms. The molecule has 1 aromatic heterocycles. The predicted octanol–water partition coefficient (Wildman–Crippen LogP) is 5.86. The van der Waals surface area contributed by atoms with Crippen LogP contribution >= 0.6 is 11.8 Å². The van der Waals surface area contributed by atoms with E-state index in [1.165, 1.54) is 17.3 Å². The van der Waals surface area contributed by atoms with E-state index in [0.717, 1.165) is 17.0 Å². The summed E-state index contributed by atoms with van der Waals surface area (Å²) in [5.74, 6) is 2.37. The predicted molar refractivity (Wildman–Crippen MR) is 108 cm³/mol. The molecule has 0 aliphatic carbocycles. The first-order valence-corrected chi connectivity index (χ1v) is 9.78. The molecule has 4 nitrogen and oxygen atoms in total. The van der Waals surface area contributed by atoms with Gasteiger partial charge >= 0.3 is 0 Å². The highest BCUT2D eigenvalue weighted by Gasteiger charge is 2.09. The molecule has 0 fully saturated rings. The number of ether oxygens (including phenoxy) is 1. The Morgan fingerprint density at radius 3 is 2.67 bits per heavy atom.